The molecule has 0 radical (unpaired) electrons. The molecule has 0 saturated carbocycles. The number of carbonyl (C=O) groups is 2. The van der Waals surface area contributed by atoms with Crippen LogP contribution < -0.4 is 10.1 Å². The molecule has 0 fully saturated rings. The Bertz CT molecular complexity index is 717. The van der Waals surface area contributed by atoms with Crippen LogP contribution in [0, 0.1) is 5.82 Å². The predicted octanol–water partition coefficient (Wildman–Crippen LogP) is 2.25. The summed E-state index contributed by atoms with van der Waals surface area (Å²) in [6.07, 6.45) is 1.10. The van der Waals surface area contributed by atoms with Gasteiger partial charge in [0.05, 0.1) is 12.2 Å². The second-order valence-corrected chi connectivity index (χ2v) is 4.62. The van der Waals surface area contributed by atoms with Gasteiger partial charge in [0.2, 0.25) is 0 Å². The van der Waals surface area contributed by atoms with E-state index in [2.05, 4.69) is 10.3 Å². The number of pyridine rings is 1. The fraction of sp³-hybridized carbons (Fsp3) is 0.188. The van der Waals surface area contributed by atoms with Crippen molar-refractivity contribution in [2.75, 3.05) is 6.61 Å². The molecule has 1 heterocycles. The zero-order valence-corrected chi connectivity index (χ0v) is 12.4. The largest absolute Gasteiger partial charge is 0.491 e. The van der Waals surface area contributed by atoms with Gasteiger partial charge in [-0.3, -0.25) is 9.78 Å². The summed E-state index contributed by atoms with van der Waals surface area (Å²) >= 11 is 0. The number of benzene rings is 1. The average molecular weight is 318 g/mol. The Morgan fingerprint density at radius 1 is 1.30 bits per heavy atom. The van der Waals surface area contributed by atoms with E-state index in [-0.39, 0.29) is 23.6 Å². The van der Waals surface area contributed by atoms with Crippen molar-refractivity contribution in [2.24, 2.45) is 0 Å². The number of carboxylic acid groups (broad SMARTS) is 1. The Labute approximate surface area is 131 Å². The van der Waals surface area contributed by atoms with Crippen LogP contribution in [0.1, 0.15) is 33.3 Å². The van der Waals surface area contributed by atoms with Crippen LogP contribution in [-0.4, -0.2) is 28.6 Å². The third-order valence-electron chi connectivity index (χ3n) is 2.99. The summed E-state index contributed by atoms with van der Waals surface area (Å²) in [6.45, 7) is 2.24. The van der Waals surface area contributed by atoms with Crippen LogP contribution in [0.2, 0.25) is 0 Å². The quantitative estimate of drug-likeness (QED) is 0.853. The molecular weight excluding hydrogens is 303 g/mol. The van der Waals surface area contributed by atoms with Gasteiger partial charge in [-0.05, 0) is 36.8 Å². The summed E-state index contributed by atoms with van der Waals surface area (Å²) in [4.78, 5) is 26.4. The van der Waals surface area contributed by atoms with Crippen molar-refractivity contribution in [1.29, 1.82) is 0 Å². The zero-order valence-electron chi connectivity index (χ0n) is 12.4. The predicted molar refractivity (Wildman–Crippen MR) is 79.9 cm³/mol. The first-order valence-corrected chi connectivity index (χ1v) is 6.90. The molecule has 0 spiro atoms. The van der Waals surface area contributed by atoms with Crippen LogP contribution >= 0.6 is 0 Å². The number of carboxylic acids is 1. The van der Waals surface area contributed by atoms with Crippen molar-refractivity contribution in [3.8, 4) is 5.75 Å². The fourth-order valence-corrected chi connectivity index (χ4v) is 1.85. The molecule has 2 rings (SSSR count). The summed E-state index contributed by atoms with van der Waals surface area (Å²) in [5, 5.41) is 11.4. The monoisotopic (exact) mass is 318 g/mol. The number of halogens is 1. The summed E-state index contributed by atoms with van der Waals surface area (Å²) in [6, 6.07) is 7.04. The number of rotatable bonds is 6. The molecule has 2 N–H and O–H groups in total. The summed E-state index contributed by atoms with van der Waals surface area (Å²) in [5.74, 6) is -1.93. The smallest absolute Gasteiger partial charge is 0.337 e. The maximum atomic E-state index is 13.7. The molecular formula is C16H15FN2O4. The molecule has 1 aromatic heterocycles. The number of aromatic carboxylic acids is 1. The van der Waals surface area contributed by atoms with Crippen molar-refractivity contribution in [1.82, 2.24) is 10.3 Å². The first-order valence-electron chi connectivity index (χ1n) is 6.90. The van der Waals surface area contributed by atoms with E-state index in [1.165, 1.54) is 24.3 Å². The highest BCUT2D eigenvalue weighted by Gasteiger charge is 2.10. The van der Waals surface area contributed by atoms with Gasteiger partial charge in [-0.25, -0.2) is 9.18 Å². The number of aromatic nitrogens is 1. The number of nitrogens with zero attached hydrogens (tertiary/aromatic N) is 1. The molecule has 2 aromatic rings. The van der Waals surface area contributed by atoms with Crippen LogP contribution in [0.5, 0.6) is 5.75 Å². The van der Waals surface area contributed by atoms with Crippen LogP contribution in [0.4, 0.5) is 4.39 Å². The molecule has 0 bridgehead atoms. The highest BCUT2D eigenvalue weighted by Crippen LogP contribution is 2.18. The minimum Gasteiger partial charge on any atom is -0.491 e. The van der Waals surface area contributed by atoms with Gasteiger partial charge in [0.25, 0.3) is 5.91 Å². The Morgan fingerprint density at radius 3 is 2.65 bits per heavy atom. The lowest BCUT2D eigenvalue weighted by atomic mass is 10.2. The number of hydrogen-bond donors (Lipinski definition) is 2. The molecule has 0 aliphatic carbocycles. The molecule has 6 nitrogen and oxygen atoms in total. The summed E-state index contributed by atoms with van der Waals surface area (Å²) < 4.78 is 18.8. The van der Waals surface area contributed by atoms with Crippen LogP contribution in [0.3, 0.4) is 0 Å². The average Bonchev–Trinajstić information content (AvgIpc) is 2.55. The topological polar surface area (TPSA) is 88.5 Å². The third-order valence-corrected chi connectivity index (χ3v) is 2.99. The lowest BCUT2D eigenvalue weighted by Crippen LogP contribution is -2.24. The minimum absolute atomic E-state index is 0.00451. The lowest BCUT2D eigenvalue weighted by molar-refractivity contribution is 0.0695. The maximum absolute atomic E-state index is 13.7. The van der Waals surface area contributed by atoms with Crippen molar-refractivity contribution in [3.05, 3.63) is 59.2 Å². The molecule has 1 aromatic carbocycles. The summed E-state index contributed by atoms with van der Waals surface area (Å²) in [5.41, 5.74) is 0.651. The fourth-order valence-electron chi connectivity index (χ4n) is 1.85. The van der Waals surface area contributed by atoms with Crippen molar-refractivity contribution >= 4 is 11.9 Å². The maximum Gasteiger partial charge on any atom is 0.337 e. The number of ether oxygens (including phenoxy) is 1. The Morgan fingerprint density at radius 2 is 2.09 bits per heavy atom. The van der Waals surface area contributed by atoms with E-state index in [1.807, 2.05) is 0 Å². The van der Waals surface area contributed by atoms with E-state index in [1.54, 1.807) is 13.0 Å². The number of hydrogen-bond acceptors (Lipinski definition) is 4. The Balaban J connectivity index is 1.98. The van der Waals surface area contributed by atoms with Gasteiger partial charge < -0.3 is 15.2 Å². The van der Waals surface area contributed by atoms with Gasteiger partial charge in [-0.1, -0.05) is 6.07 Å². The standard InChI is InChI=1S/C16H15FN2O4/c1-2-23-14-6-3-10(7-12(14)17)8-19-15(20)13-5-4-11(9-18-13)16(21)22/h3-7,9H,2,8H2,1H3,(H,19,20)(H,21,22). The molecule has 23 heavy (non-hydrogen) atoms. The molecule has 0 unspecified atom stereocenters. The SMILES string of the molecule is CCOc1ccc(CNC(=O)c2ccc(C(=O)O)cn2)cc1F. The van der Waals surface area contributed by atoms with E-state index in [0.29, 0.717) is 12.2 Å². The second kappa shape index (κ2) is 7.35. The normalized spacial score (nSPS) is 10.2. The van der Waals surface area contributed by atoms with Crippen molar-refractivity contribution < 1.29 is 23.8 Å². The molecule has 120 valence electrons. The molecule has 1 amide bonds. The van der Waals surface area contributed by atoms with E-state index in [9.17, 15) is 14.0 Å². The minimum atomic E-state index is -1.12. The first kappa shape index (κ1) is 16.4. The molecule has 0 saturated heterocycles. The van der Waals surface area contributed by atoms with Gasteiger partial charge in [0, 0.05) is 12.7 Å². The second-order valence-electron chi connectivity index (χ2n) is 4.62. The van der Waals surface area contributed by atoms with Crippen molar-refractivity contribution in [3.63, 3.8) is 0 Å². The van der Waals surface area contributed by atoms with Crippen LogP contribution in [0.25, 0.3) is 0 Å². The van der Waals surface area contributed by atoms with Crippen LogP contribution in [0.15, 0.2) is 36.5 Å². The van der Waals surface area contributed by atoms with Gasteiger partial charge in [-0.2, -0.15) is 0 Å². The number of carbonyl (C=O) groups excluding carboxylic acids is 1. The molecule has 0 aliphatic heterocycles. The molecule has 0 aliphatic rings. The van der Waals surface area contributed by atoms with E-state index >= 15 is 0 Å². The van der Waals surface area contributed by atoms with Crippen LogP contribution in [-0.2, 0) is 6.54 Å². The third kappa shape index (κ3) is 4.26. The Hall–Kier alpha value is -2.96. The highest BCUT2D eigenvalue weighted by molar-refractivity contribution is 5.93. The molecule has 0 atom stereocenters. The lowest BCUT2D eigenvalue weighted by Gasteiger charge is -2.08. The summed E-state index contributed by atoms with van der Waals surface area (Å²) in [7, 11) is 0. The van der Waals surface area contributed by atoms with Gasteiger partial charge in [-0.15, -0.1) is 0 Å². The van der Waals surface area contributed by atoms with Gasteiger partial charge in [0.15, 0.2) is 11.6 Å². The Kier molecular flexibility index (Phi) is 5.24. The van der Waals surface area contributed by atoms with Gasteiger partial charge in [0.1, 0.15) is 5.69 Å². The van der Waals surface area contributed by atoms with E-state index in [0.717, 1.165) is 6.20 Å². The first-order chi connectivity index (χ1) is 11.0. The van der Waals surface area contributed by atoms with E-state index < -0.39 is 17.7 Å². The van der Waals surface area contributed by atoms with E-state index in [4.69, 9.17) is 9.84 Å². The highest BCUT2D eigenvalue weighted by atomic mass is 19.1. The van der Waals surface area contributed by atoms with Crippen molar-refractivity contribution in [2.45, 2.75) is 13.5 Å². The van der Waals surface area contributed by atoms with Gasteiger partial charge >= 0.3 is 5.97 Å². The number of nitrogens with one attached hydrogen (secondary N) is 1. The number of amides is 1. The molecule has 7 heteroatoms. The zero-order chi connectivity index (χ0) is 16.8.